The molecule has 17 heavy (non-hydrogen) atoms. The molecule has 1 aromatic rings. The molecule has 1 amide bonds. The standard InChI is InChI=1S/C12H15ClN2O2/c13-10-4-2-1-3-9(10)11(16)7-15-6-5-14-12(17)8-15/h1-4,11,16H,5-8H2,(H,14,17)/t11-/m0/s1. The van der Waals surface area contributed by atoms with Crippen LogP contribution in [0.3, 0.4) is 0 Å². The molecule has 0 spiro atoms. The van der Waals surface area contributed by atoms with E-state index in [1.54, 1.807) is 12.1 Å². The average molecular weight is 255 g/mol. The van der Waals surface area contributed by atoms with Crippen LogP contribution in [0, 0.1) is 0 Å². The molecule has 0 unspecified atom stereocenters. The molecule has 4 nitrogen and oxygen atoms in total. The summed E-state index contributed by atoms with van der Waals surface area (Å²) in [5, 5.41) is 13.4. The van der Waals surface area contributed by atoms with Gasteiger partial charge in [-0.1, -0.05) is 29.8 Å². The van der Waals surface area contributed by atoms with Gasteiger partial charge in [0.25, 0.3) is 0 Å². The predicted octanol–water partition coefficient (Wildman–Crippen LogP) is 0.805. The van der Waals surface area contributed by atoms with E-state index >= 15 is 0 Å². The molecule has 2 N–H and O–H groups in total. The highest BCUT2D eigenvalue weighted by atomic mass is 35.5. The highest BCUT2D eigenvalue weighted by Gasteiger charge is 2.20. The van der Waals surface area contributed by atoms with E-state index in [-0.39, 0.29) is 5.91 Å². The second-order valence-corrected chi connectivity index (χ2v) is 4.53. The molecular weight excluding hydrogens is 240 g/mol. The van der Waals surface area contributed by atoms with Crippen LogP contribution in [0.15, 0.2) is 24.3 Å². The number of rotatable bonds is 3. The number of β-amino-alcohol motifs (C(OH)–C–C–N with tert-alkyl or cyclic N) is 1. The van der Waals surface area contributed by atoms with Crippen molar-refractivity contribution < 1.29 is 9.90 Å². The van der Waals surface area contributed by atoms with Crippen molar-refractivity contribution >= 4 is 17.5 Å². The summed E-state index contributed by atoms with van der Waals surface area (Å²) in [5.74, 6) is 0.00242. The van der Waals surface area contributed by atoms with Crippen molar-refractivity contribution in [1.82, 2.24) is 10.2 Å². The van der Waals surface area contributed by atoms with Gasteiger partial charge in [-0.05, 0) is 6.07 Å². The van der Waals surface area contributed by atoms with Gasteiger partial charge in [0.1, 0.15) is 0 Å². The second kappa shape index (κ2) is 5.49. The monoisotopic (exact) mass is 254 g/mol. The zero-order valence-corrected chi connectivity index (χ0v) is 10.2. The Morgan fingerprint density at radius 1 is 1.47 bits per heavy atom. The molecule has 1 aliphatic rings. The van der Waals surface area contributed by atoms with Crippen LogP contribution in [0.1, 0.15) is 11.7 Å². The Bertz CT molecular complexity index is 411. The number of carbonyl (C=O) groups excluding carboxylic acids is 1. The zero-order chi connectivity index (χ0) is 12.3. The van der Waals surface area contributed by atoms with Crippen molar-refractivity contribution in [3.63, 3.8) is 0 Å². The quantitative estimate of drug-likeness (QED) is 0.839. The summed E-state index contributed by atoms with van der Waals surface area (Å²) in [6.45, 7) is 2.15. The van der Waals surface area contributed by atoms with E-state index in [2.05, 4.69) is 5.32 Å². The number of benzene rings is 1. The van der Waals surface area contributed by atoms with Gasteiger partial charge in [-0.25, -0.2) is 0 Å². The van der Waals surface area contributed by atoms with E-state index in [0.717, 1.165) is 6.54 Å². The van der Waals surface area contributed by atoms with Crippen LogP contribution in [0.5, 0.6) is 0 Å². The summed E-state index contributed by atoms with van der Waals surface area (Å²) in [6, 6.07) is 7.22. The number of nitrogens with one attached hydrogen (secondary N) is 1. The van der Waals surface area contributed by atoms with Gasteiger partial charge in [0.2, 0.25) is 5.91 Å². The minimum atomic E-state index is -0.658. The Hall–Kier alpha value is -1.10. The van der Waals surface area contributed by atoms with Gasteiger partial charge in [-0.3, -0.25) is 9.69 Å². The maximum Gasteiger partial charge on any atom is 0.234 e. The van der Waals surface area contributed by atoms with Crippen LogP contribution >= 0.6 is 11.6 Å². The molecule has 0 saturated carbocycles. The molecule has 5 heteroatoms. The first kappa shape index (κ1) is 12.4. The fourth-order valence-corrected chi connectivity index (χ4v) is 2.20. The Labute approximate surface area is 105 Å². The smallest absolute Gasteiger partial charge is 0.234 e. The summed E-state index contributed by atoms with van der Waals surface area (Å²) >= 11 is 6.01. The summed E-state index contributed by atoms with van der Waals surface area (Å²) in [4.78, 5) is 13.1. The number of amides is 1. The largest absolute Gasteiger partial charge is 0.387 e. The van der Waals surface area contributed by atoms with Crippen LogP contribution in [0.2, 0.25) is 5.02 Å². The third-order valence-electron chi connectivity index (χ3n) is 2.81. The van der Waals surface area contributed by atoms with Crippen molar-refractivity contribution in [3.8, 4) is 0 Å². The van der Waals surface area contributed by atoms with Gasteiger partial charge in [0.15, 0.2) is 0 Å². The SMILES string of the molecule is O=C1CN(C[C@H](O)c2ccccc2Cl)CCN1. The molecule has 1 atom stereocenters. The summed E-state index contributed by atoms with van der Waals surface area (Å²) in [7, 11) is 0. The second-order valence-electron chi connectivity index (χ2n) is 4.12. The Morgan fingerprint density at radius 3 is 2.94 bits per heavy atom. The van der Waals surface area contributed by atoms with Crippen molar-refractivity contribution in [2.24, 2.45) is 0 Å². The molecule has 0 radical (unpaired) electrons. The molecule has 1 aliphatic heterocycles. The normalized spacial score (nSPS) is 18.8. The number of nitrogens with zero attached hydrogens (tertiary/aromatic N) is 1. The number of aliphatic hydroxyl groups excluding tert-OH is 1. The van der Waals surface area contributed by atoms with Gasteiger partial charge < -0.3 is 10.4 Å². The summed E-state index contributed by atoms with van der Waals surface area (Å²) < 4.78 is 0. The van der Waals surface area contributed by atoms with E-state index in [4.69, 9.17) is 11.6 Å². The van der Waals surface area contributed by atoms with Crippen LogP contribution < -0.4 is 5.32 Å². The maximum absolute atomic E-state index is 11.2. The molecule has 2 rings (SSSR count). The van der Waals surface area contributed by atoms with Crippen molar-refractivity contribution in [2.45, 2.75) is 6.10 Å². The van der Waals surface area contributed by atoms with Gasteiger partial charge in [-0.15, -0.1) is 0 Å². The number of halogens is 1. The fourth-order valence-electron chi connectivity index (χ4n) is 1.94. The van der Waals surface area contributed by atoms with E-state index in [0.29, 0.717) is 30.2 Å². The van der Waals surface area contributed by atoms with Crippen molar-refractivity contribution in [2.75, 3.05) is 26.2 Å². The minimum absolute atomic E-state index is 0.00242. The predicted molar refractivity (Wildman–Crippen MR) is 65.9 cm³/mol. The van der Waals surface area contributed by atoms with Crippen LogP contribution in [-0.4, -0.2) is 42.1 Å². The molecule has 0 bridgehead atoms. The molecule has 1 saturated heterocycles. The van der Waals surface area contributed by atoms with Gasteiger partial charge in [0, 0.05) is 30.2 Å². The molecule has 92 valence electrons. The Kier molecular flexibility index (Phi) is 3.99. The first-order chi connectivity index (χ1) is 8.16. The first-order valence-corrected chi connectivity index (χ1v) is 5.96. The van der Waals surface area contributed by atoms with E-state index in [1.807, 2.05) is 17.0 Å². The molecular formula is C12H15ClN2O2. The van der Waals surface area contributed by atoms with Crippen molar-refractivity contribution in [3.05, 3.63) is 34.9 Å². The third kappa shape index (κ3) is 3.19. The zero-order valence-electron chi connectivity index (χ0n) is 9.40. The first-order valence-electron chi connectivity index (χ1n) is 5.58. The Morgan fingerprint density at radius 2 is 2.24 bits per heavy atom. The lowest BCUT2D eigenvalue weighted by Gasteiger charge is -2.28. The van der Waals surface area contributed by atoms with Gasteiger partial charge in [-0.2, -0.15) is 0 Å². The number of piperazine rings is 1. The number of carbonyl (C=O) groups is 1. The number of aliphatic hydroxyl groups is 1. The summed E-state index contributed by atoms with van der Waals surface area (Å²) in [6.07, 6.45) is -0.658. The number of hydrogen-bond acceptors (Lipinski definition) is 3. The molecule has 1 fully saturated rings. The highest BCUT2D eigenvalue weighted by Crippen LogP contribution is 2.23. The lowest BCUT2D eigenvalue weighted by molar-refractivity contribution is -0.124. The average Bonchev–Trinajstić information content (AvgIpc) is 2.29. The highest BCUT2D eigenvalue weighted by molar-refractivity contribution is 6.31. The Balaban J connectivity index is 1.99. The maximum atomic E-state index is 11.2. The lowest BCUT2D eigenvalue weighted by atomic mass is 10.1. The van der Waals surface area contributed by atoms with Gasteiger partial charge in [0.05, 0.1) is 12.6 Å². The molecule has 1 heterocycles. The van der Waals surface area contributed by atoms with E-state index in [1.165, 1.54) is 0 Å². The molecule has 1 aromatic carbocycles. The number of hydrogen-bond donors (Lipinski definition) is 2. The van der Waals surface area contributed by atoms with Crippen LogP contribution in [0.25, 0.3) is 0 Å². The van der Waals surface area contributed by atoms with E-state index in [9.17, 15) is 9.90 Å². The molecule has 0 aliphatic carbocycles. The minimum Gasteiger partial charge on any atom is -0.387 e. The molecule has 0 aromatic heterocycles. The van der Waals surface area contributed by atoms with Crippen molar-refractivity contribution in [1.29, 1.82) is 0 Å². The third-order valence-corrected chi connectivity index (χ3v) is 3.16. The van der Waals surface area contributed by atoms with E-state index < -0.39 is 6.10 Å². The van der Waals surface area contributed by atoms with Gasteiger partial charge >= 0.3 is 0 Å². The van der Waals surface area contributed by atoms with Crippen LogP contribution in [-0.2, 0) is 4.79 Å². The lowest BCUT2D eigenvalue weighted by Crippen LogP contribution is -2.48. The van der Waals surface area contributed by atoms with Crippen LogP contribution in [0.4, 0.5) is 0 Å². The fraction of sp³-hybridized carbons (Fsp3) is 0.417. The summed E-state index contributed by atoms with van der Waals surface area (Å²) in [5.41, 5.74) is 0.708. The topological polar surface area (TPSA) is 52.6 Å².